The number of para-hydroxylation sites is 1. The number of aromatic nitrogens is 3. The molecular formula is C29H44N6OS. The lowest BCUT2D eigenvalue weighted by Crippen LogP contribution is -2.39. The average molecular weight is 525 g/mol. The second-order valence-electron chi connectivity index (χ2n) is 12.5. The minimum Gasteiger partial charge on any atom is -0.390 e. The Labute approximate surface area is 226 Å². The van der Waals surface area contributed by atoms with Crippen LogP contribution in [-0.4, -0.2) is 42.2 Å². The summed E-state index contributed by atoms with van der Waals surface area (Å²) in [4.78, 5) is 9.51. The van der Waals surface area contributed by atoms with Gasteiger partial charge < -0.3 is 21.6 Å². The highest BCUT2D eigenvalue weighted by atomic mass is 32.1. The molecule has 4 rings (SSSR count). The number of imidazole rings is 1. The molecule has 0 saturated heterocycles. The van der Waals surface area contributed by atoms with E-state index in [0.29, 0.717) is 12.2 Å². The number of nitrogens with one attached hydrogen (secondary N) is 2. The number of hydrogen-bond donors (Lipinski definition) is 5. The van der Waals surface area contributed by atoms with Crippen LogP contribution in [0, 0.1) is 5.41 Å². The van der Waals surface area contributed by atoms with E-state index >= 15 is 0 Å². The number of aryl methyl sites for hydroxylation is 1. The third kappa shape index (κ3) is 6.34. The van der Waals surface area contributed by atoms with Crippen LogP contribution in [0.5, 0.6) is 0 Å². The van der Waals surface area contributed by atoms with Crippen LogP contribution in [0.25, 0.3) is 21.9 Å². The molecule has 1 aromatic carbocycles. The highest BCUT2D eigenvalue weighted by Crippen LogP contribution is 2.41. The molecule has 1 aliphatic carbocycles. The standard InChI is InChI=1S/C29H44N6OS/c1-8-9-14-23-33-24-25(19-12-10-11-13-20(19)32-26(24)30)35(23)34-22-15-21(22)31-18(2)29(7,37)17-27(3,4)16-28(5,6)36/h10-13,21-22,31,34,36-37H,2,8-9,14-17H2,1,3-7H3,(H2,30,32). The van der Waals surface area contributed by atoms with Crippen LogP contribution in [-0.2, 0) is 6.42 Å². The van der Waals surface area contributed by atoms with Gasteiger partial charge in [0.25, 0.3) is 0 Å². The highest BCUT2D eigenvalue weighted by molar-refractivity contribution is 7.82. The van der Waals surface area contributed by atoms with E-state index in [1.807, 2.05) is 32.0 Å². The number of fused-ring (bicyclic) bond motifs is 3. The van der Waals surface area contributed by atoms with Crippen LogP contribution < -0.4 is 16.5 Å². The van der Waals surface area contributed by atoms with Gasteiger partial charge in [0.2, 0.25) is 0 Å². The van der Waals surface area contributed by atoms with Crippen molar-refractivity contribution in [1.29, 1.82) is 0 Å². The number of nitrogen functional groups attached to an aromatic ring is 1. The van der Waals surface area contributed by atoms with Crippen molar-refractivity contribution in [2.24, 2.45) is 5.41 Å². The van der Waals surface area contributed by atoms with Gasteiger partial charge in [0.15, 0.2) is 5.82 Å². The van der Waals surface area contributed by atoms with Gasteiger partial charge >= 0.3 is 0 Å². The lowest BCUT2D eigenvalue weighted by Gasteiger charge is -2.39. The van der Waals surface area contributed by atoms with E-state index in [4.69, 9.17) is 23.3 Å². The minimum atomic E-state index is -0.722. The smallest absolute Gasteiger partial charge is 0.152 e. The number of thiol groups is 1. The van der Waals surface area contributed by atoms with Crippen LogP contribution in [0.4, 0.5) is 5.82 Å². The van der Waals surface area contributed by atoms with E-state index in [1.165, 1.54) is 0 Å². The molecule has 0 radical (unpaired) electrons. The lowest BCUT2D eigenvalue weighted by molar-refractivity contribution is 0.0275. The maximum absolute atomic E-state index is 10.3. The van der Waals surface area contributed by atoms with Gasteiger partial charge in [-0.15, -0.1) is 0 Å². The number of rotatable bonds is 12. The van der Waals surface area contributed by atoms with Crippen molar-refractivity contribution in [2.75, 3.05) is 11.2 Å². The van der Waals surface area contributed by atoms with Gasteiger partial charge in [-0.05, 0) is 57.9 Å². The number of anilines is 1. The van der Waals surface area contributed by atoms with Gasteiger partial charge in [-0.25, -0.2) is 14.6 Å². The highest BCUT2D eigenvalue weighted by Gasteiger charge is 2.42. The van der Waals surface area contributed by atoms with Gasteiger partial charge in [-0.2, -0.15) is 12.6 Å². The molecule has 7 nitrogen and oxygen atoms in total. The number of nitrogens with zero attached hydrogens (tertiary/aromatic N) is 3. The summed E-state index contributed by atoms with van der Waals surface area (Å²) in [6.45, 7) is 16.7. The maximum atomic E-state index is 10.3. The molecule has 2 aromatic heterocycles. The Hall–Kier alpha value is -2.45. The van der Waals surface area contributed by atoms with Crippen LogP contribution >= 0.6 is 12.6 Å². The van der Waals surface area contributed by atoms with Crippen molar-refractivity contribution in [2.45, 2.75) is 102 Å². The molecule has 37 heavy (non-hydrogen) atoms. The van der Waals surface area contributed by atoms with E-state index in [9.17, 15) is 5.11 Å². The summed E-state index contributed by atoms with van der Waals surface area (Å²) in [7, 11) is 0. The topological polar surface area (TPSA) is 101 Å². The molecule has 5 N–H and O–H groups in total. The Morgan fingerprint density at radius 2 is 1.86 bits per heavy atom. The first-order valence-electron chi connectivity index (χ1n) is 13.4. The summed E-state index contributed by atoms with van der Waals surface area (Å²) in [5.74, 6) is 1.45. The van der Waals surface area contributed by atoms with Gasteiger partial charge in [-0.3, -0.25) is 0 Å². The van der Waals surface area contributed by atoms with E-state index in [2.05, 4.69) is 60.7 Å². The van der Waals surface area contributed by atoms with E-state index in [-0.39, 0.29) is 17.5 Å². The third-order valence-electron chi connectivity index (χ3n) is 7.17. The summed E-state index contributed by atoms with van der Waals surface area (Å²) in [6.07, 6.45) is 5.48. The molecule has 2 heterocycles. The number of aliphatic hydroxyl groups is 1. The molecule has 0 aliphatic heterocycles. The first-order valence-corrected chi connectivity index (χ1v) is 13.9. The number of pyridine rings is 1. The Balaban J connectivity index is 1.52. The molecule has 1 fully saturated rings. The summed E-state index contributed by atoms with van der Waals surface area (Å²) < 4.78 is 1.74. The van der Waals surface area contributed by atoms with Crippen LogP contribution in [0.15, 0.2) is 36.5 Å². The quantitative estimate of drug-likeness (QED) is 0.199. The summed E-state index contributed by atoms with van der Waals surface area (Å²) >= 11 is 5.00. The average Bonchev–Trinajstić information content (AvgIpc) is 3.38. The zero-order valence-electron chi connectivity index (χ0n) is 23.2. The SMILES string of the molecule is C=C(NC1CC1Nn1c(CCCC)nc2c(N)nc3ccccc3c21)C(C)(S)CC(C)(C)CC(C)(C)O. The molecule has 1 aliphatic rings. The van der Waals surface area contributed by atoms with Gasteiger partial charge in [0.05, 0.1) is 17.2 Å². The fraction of sp³-hybridized carbons (Fsp3) is 0.586. The predicted octanol–water partition coefficient (Wildman–Crippen LogP) is 5.56. The summed E-state index contributed by atoms with van der Waals surface area (Å²) in [5.41, 5.74) is 12.8. The molecular weight excluding hydrogens is 480 g/mol. The third-order valence-corrected chi connectivity index (χ3v) is 7.60. The largest absolute Gasteiger partial charge is 0.390 e. The Bertz CT molecular complexity index is 1290. The van der Waals surface area contributed by atoms with Crippen molar-refractivity contribution in [1.82, 2.24) is 20.0 Å². The number of hydrogen-bond acceptors (Lipinski definition) is 7. The molecule has 0 amide bonds. The van der Waals surface area contributed by atoms with Crippen molar-refractivity contribution in [3.63, 3.8) is 0 Å². The first kappa shape index (κ1) is 27.6. The fourth-order valence-electron chi connectivity index (χ4n) is 5.80. The maximum Gasteiger partial charge on any atom is 0.152 e. The Morgan fingerprint density at radius 3 is 2.54 bits per heavy atom. The molecule has 3 unspecified atom stereocenters. The summed E-state index contributed by atoms with van der Waals surface area (Å²) in [6, 6.07) is 8.57. The van der Waals surface area contributed by atoms with Crippen LogP contribution in [0.1, 0.15) is 79.5 Å². The molecule has 1 saturated carbocycles. The van der Waals surface area contributed by atoms with Crippen molar-refractivity contribution in [3.8, 4) is 0 Å². The fourth-order valence-corrected chi connectivity index (χ4v) is 6.30. The zero-order valence-corrected chi connectivity index (χ0v) is 24.1. The Morgan fingerprint density at radius 1 is 1.16 bits per heavy atom. The zero-order chi connectivity index (χ0) is 27.2. The number of nitrogens with two attached hydrogens (primary N) is 1. The second kappa shape index (κ2) is 10.0. The minimum absolute atomic E-state index is 0.0838. The predicted molar refractivity (Wildman–Crippen MR) is 159 cm³/mol. The van der Waals surface area contributed by atoms with E-state index in [1.54, 1.807) is 0 Å². The lowest BCUT2D eigenvalue weighted by atomic mass is 9.75. The van der Waals surface area contributed by atoms with Crippen LogP contribution in [0.2, 0.25) is 0 Å². The van der Waals surface area contributed by atoms with Crippen molar-refractivity contribution < 1.29 is 5.11 Å². The monoisotopic (exact) mass is 524 g/mol. The van der Waals surface area contributed by atoms with E-state index in [0.717, 1.165) is 65.6 Å². The summed E-state index contributed by atoms with van der Waals surface area (Å²) in [5, 5.41) is 15.0. The molecule has 3 aromatic rings. The number of benzene rings is 1. The van der Waals surface area contributed by atoms with E-state index < -0.39 is 10.3 Å². The van der Waals surface area contributed by atoms with Gasteiger partial charge in [0.1, 0.15) is 16.9 Å². The number of unbranched alkanes of at least 4 members (excludes halogenated alkanes) is 1. The van der Waals surface area contributed by atoms with Crippen molar-refractivity contribution >= 4 is 40.4 Å². The normalized spacial score (nSPS) is 19.7. The molecule has 0 spiro atoms. The van der Waals surface area contributed by atoms with Gasteiger partial charge in [-0.1, -0.05) is 52.0 Å². The molecule has 202 valence electrons. The molecule has 3 atom stereocenters. The first-order chi connectivity index (χ1) is 17.2. The Kier molecular flexibility index (Phi) is 7.47. The van der Waals surface area contributed by atoms with Crippen molar-refractivity contribution in [3.05, 3.63) is 42.4 Å². The van der Waals surface area contributed by atoms with Gasteiger partial charge in [0, 0.05) is 28.3 Å². The second-order valence-corrected chi connectivity index (χ2v) is 13.5. The molecule has 8 heteroatoms. The molecule has 0 bridgehead atoms. The van der Waals surface area contributed by atoms with Crippen LogP contribution in [0.3, 0.4) is 0 Å².